The molecule has 1 aromatic heterocycles. The van der Waals surface area contributed by atoms with Crippen molar-refractivity contribution < 1.29 is 31.1 Å². The second kappa shape index (κ2) is 8.57. The van der Waals surface area contributed by atoms with E-state index in [2.05, 4.69) is 10.1 Å². The van der Waals surface area contributed by atoms with Gasteiger partial charge in [-0.05, 0) is 18.1 Å². The quantitative estimate of drug-likeness (QED) is 0.581. The van der Waals surface area contributed by atoms with Gasteiger partial charge in [-0.2, -0.15) is 13.2 Å². The molecule has 0 aliphatic carbocycles. The van der Waals surface area contributed by atoms with Gasteiger partial charge in [0.25, 0.3) is 5.82 Å². The number of carbonyl (C=O) groups excluding carboxylic acids is 1. The molecule has 0 fully saturated rings. The van der Waals surface area contributed by atoms with Gasteiger partial charge in [0.1, 0.15) is 11.6 Å². The molecule has 0 bridgehead atoms. The molecule has 2 aromatic rings. The van der Waals surface area contributed by atoms with Crippen LogP contribution in [0.5, 0.6) is 0 Å². The molecule has 13 heteroatoms. The van der Waals surface area contributed by atoms with E-state index in [9.17, 15) is 31.1 Å². The smallest absolute Gasteiger partial charge is 0.333 e. The lowest BCUT2D eigenvalue weighted by Gasteiger charge is -2.27. The summed E-state index contributed by atoms with van der Waals surface area (Å²) in [5.74, 6) is -5.30. The van der Waals surface area contributed by atoms with E-state index in [1.54, 1.807) is 0 Å². The Morgan fingerprint density at radius 1 is 1.14 bits per heavy atom. The second-order valence-electron chi connectivity index (χ2n) is 6.41. The number of fused-ring (bicyclic) bond motifs is 1. The minimum Gasteiger partial charge on any atom is -0.333 e. The van der Waals surface area contributed by atoms with Gasteiger partial charge in [0, 0.05) is 25.1 Å². The molecule has 0 spiro atoms. The maximum absolute atomic E-state index is 13.7. The number of amides is 1. The predicted octanol–water partition coefficient (Wildman–Crippen LogP) is 2.44. The maximum atomic E-state index is 13.7. The molecule has 0 saturated heterocycles. The Balaban J connectivity index is 0.00000300. The first-order valence-electron chi connectivity index (χ1n) is 8.22. The lowest BCUT2D eigenvalue weighted by Crippen LogP contribution is -2.41. The van der Waals surface area contributed by atoms with Crippen molar-refractivity contribution in [1.82, 2.24) is 19.7 Å². The number of hydrogen-bond acceptors (Lipinski definition) is 4. The van der Waals surface area contributed by atoms with Crippen molar-refractivity contribution in [2.75, 3.05) is 6.54 Å². The van der Waals surface area contributed by atoms with Crippen molar-refractivity contribution >= 4 is 18.3 Å². The van der Waals surface area contributed by atoms with Gasteiger partial charge in [0.15, 0.2) is 11.6 Å². The third-order valence-corrected chi connectivity index (χ3v) is 4.28. The summed E-state index contributed by atoms with van der Waals surface area (Å²) in [4.78, 5) is 17.0. The number of rotatable bonds is 4. The number of aromatic nitrogens is 3. The van der Waals surface area contributed by atoms with Crippen LogP contribution >= 0.6 is 12.4 Å². The Bertz CT molecular complexity index is 903. The van der Waals surface area contributed by atoms with Gasteiger partial charge in [-0.3, -0.25) is 4.79 Å². The molecule has 2 heterocycles. The summed E-state index contributed by atoms with van der Waals surface area (Å²) in [6.45, 7) is -0.0237. The number of nitrogens with two attached hydrogens (primary N) is 1. The van der Waals surface area contributed by atoms with Crippen LogP contribution < -0.4 is 5.73 Å². The van der Waals surface area contributed by atoms with Gasteiger partial charge in [0.05, 0.1) is 13.1 Å². The van der Waals surface area contributed by atoms with Crippen molar-refractivity contribution in [3.05, 3.63) is 46.8 Å². The van der Waals surface area contributed by atoms with Gasteiger partial charge in [0.2, 0.25) is 5.91 Å². The summed E-state index contributed by atoms with van der Waals surface area (Å²) in [5.41, 5.74) is 5.64. The molecule has 3 rings (SSSR count). The number of benzene rings is 1. The molecular formula is C16H16ClF6N5O. The fourth-order valence-electron chi connectivity index (χ4n) is 2.90. The minimum atomic E-state index is -4.68. The second-order valence-corrected chi connectivity index (χ2v) is 6.41. The molecule has 6 nitrogen and oxygen atoms in total. The molecular weight excluding hydrogens is 428 g/mol. The SMILES string of the molecule is Cl.N[C@@H](CC(=O)N1CCn2nc(C(F)(F)F)nc2C1)Cc1cc(F)c(F)cc1F. The number of halogens is 7. The average Bonchev–Trinajstić information content (AvgIpc) is 3.03. The van der Waals surface area contributed by atoms with Crippen LogP contribution in [0.4, 0.5) is 26.3 Å². The van der Waals surface area contributed by atoms with Gasteiger partial charge in [-0.1, -0.05) is 0 Å². The predicted molar refractivity (Wildman–Crippen MR) is 90.3 cm³/mol. The number of carbonyl (C=O) groups is 1. The highest BCUT2D eigenvalue weighted by atomic mass is 35.5. The van der Waals surface area contributed by atoms with Crippen LogP contribution in [-0.4, -0.2) is 38.2 Å². The van der Waals surface area contributed by atoms with Crippen LogP contribution in [0, 0.1) is 17.5 Å². The molecule has 1 amide bonds. The highest BCUT2D eigenvalue weighted by Gasteiger charge is 2.38. The summed E-state index contributed by atoms with van der Waals surface area (Å²) in [7, 11) is 0. The summed E-state index contributed by atoms with van der Waals surface area (Å²) in [6, 6.07) is 0.184. The summed E-state index contributed by atoms with van der Waals surface area (Å²) >= 11 is 0. The topological polar surface area (TPSA) is 77.0 Å². The lowest BCUT2D eigenvalue weighted by atomic mass is 10.0. The summed E-state index contributed by atoms with van der Waals surface area (Å²) in [6.07, 6.45) is -5.15. The van der Waals surface area contributed by atoms with Crippen LogP contribution in [0.15, 0.2) is 12.1 Å². The largest absolute Gasteiger partial charge is 0.453 e. The Labute approximate surface area is 167 Å². The van der Waals surface area contributed by atoms with E-state index in [0.717, 1.165) is 4.68 Å². The van der Waals surface area contributed by atoms with Crippen molar-refractivity contribution in [1.29, 1.82) is 0 Å². The maximum Gasteiger partial charge on any atom is 0.453 e. The lowest BCUT2D eigenvalue weighted by molar-refractivity contribution is -0.145. The zero-order valence-corrected chi connectivity index (χ0v) is 15.5. The molecule has 0 saturated carbocycles. The fraction of sp³-hybridized carbons (Fsp3) is 0.438. The average molecular weight is 444 g/mol. The van der Waals surface area contributed by atoms with E-state index in [4.69, 9.17) is 5.73 Å². The first-order chi connectivity index (χ1) is 13.0. The summed E-state index contributed by atoms with van der Waals surface area (Å²) < 4.78 is 79.0. The first-order valence-corrected chi connectivity index (χ1v) is 8.22. The van der Waals surface area contributed by atoms with E-state index < -0.39 is 41.4 Å². The third kappa shape index (κ3) is 5.18. The number of alkyl halides is 3. The van der Waals surface area contributed by atoms with Crippen LogP contribution in [0.2, 0.25) is 0 Å². The number of hydrogen-bond donors (Lipinski definition) is 1. The molecule has 29 heavy (non-hydrogen) atoms. The van der Waals surface area contributed by atoms with E-state index >= 15 is 0 Å². The van der Waals surface area contributed by atoms with Gasteiger partial charge >= 0.3 is 6.18 Å². The van der Waals surface area contributed by atoms with Gasteiger partial charge < -0.3 is 10.6 Å². The molecule has 1 aromatic carbocycles. The summed E-state index contributed by atoms with van der Waals surface area (Å²) in [5, 5.41) is 3.37. The molecule has 1 aliphatic heterocycles. The highest BCUT2D eigenvalue weighted by molar-refractivity contribution is 5.85. The molecule has 160 valence electrons. The monoisotopic (exact) mass is 443 g/mol. The van der Waals surface area contributed by atoms with Crippen LogP contribution in [-0.2, 0) is 30.5 Å². The zero-order chi connectivity index (χ0) is 20.6. The zero-order valence-electron chi connectivity index (χ0n) is 14.7. The van der Waals surface area contributed by atoms with Crippen molar-refractivity contribution in [2.24, 2.45) is 5.73 Å². The van der Waals surface area contributed by atoms with Crippen LogP contribution in [0.3, 0.4) is 0 Å². The molecule has 0 unspecified atom stereocenters. The third-order valence-electron chi connectivity index (χ3n) is 4.28. The Hall–Kier alpha value is -2.34. The Morgan fingerprint density at radius 3 is 2.45 bits per heavy atom. The van der Waals surface area contributed by atoms with E-state index in [-0.39, 0.29) is 56.3 Å². The minimum absolute atomic E-state index is 0. The Kier molecular flexibility index (Phi) is 6.78. The van der Waals surface area contributed by atoms with Crippen LogP contribution in [0.1, 0.15) is 23.6 Å². The first kappa shape index (κ1) is 22.9. The van der Waals surface area contributed by atoms with E-state index in [1.165, 1.54) is 4.90 Å². The van der Waals surface area contributed by atoms with Crippen LogP contribution in [0.25, 0.3) is 0 Å². The number of nitrogens with zero attached hydrogens (tertiary/aromatic N) is 4. The molecule has 1 atom stereocenters. The van der Waals surface area contributed by atoms with Crippen molar-refractivity contribution in [3.63, 3.8) is 0 Å². The molecule has 0 radical (unpaired) electrons. The van der Waals surface area contributed by atoms with Gasteiger partial charge in [-0.15, -0.1) is 17.5 Å². The van der Waals surface area contributed by atoms with E-state index in [0.29, 0.717) is 12.1 Å². The normalized spacial score (nSPS) is 14.9. The van der Waals surface area contributed by atoms with Crippen molar-refractivity contribution in [3.8, 4) is 0 Å². The molecule has 2 N–H and O–H groups in total. The highest BCUT2D eigenvalue weighted by Crippen LogP contribution is 2.27. The van der Waals surface area contributed by atoms with Crippen molar-refractivity contribution in [2.45, 2.75) is 38.1 Å². The fourth-order valence-corrected chi connectivity index (χ4v) is 2.90. The molecule has 1 aliphatic rings. The Morgan fingerprint density at radius 2 is 1.79 bits per heavy atom. The van der Waals surface area contributed by atoms with E-state index in [1.807, 2.05) is 0 Å². The van der Waals surface area contributed by atoms with Gasteiger partial charge in [-0.25, -0.2) is 22.8 Å². The standard InChI is InChI=1S/C16H15F6N5O.ClH/c17-10-6-12(19)11(18)4-8(10)3-9(23)5-14(28)26-1-2-27-13(7-26)24-15(25-27)16(20,21)22;/h4,6,9H,1-3,5,7,23H2;1H/t9-;/m1./s1.